The summed E-state index contributed by atoms with van der Waals surface area (Å²) in [5, 5.41) is 12.0. The SMILES string of the molecule is Cc1cccc(C2C(C(=O)c3cc4cc(Cl)ccc4o3)=C(O)C(=O)N2Cc2ccncc2)c1. The predicted molar refractivity (Wildman–Crippen MR) is 124 cm³/mol. The molecule has 2 aromatic carbocycles. The standard InChI is InChI=1S/C26H19ClN2O4/c1-15-3-2-4-17(11-15)23-22(24(30)21-13-18-12-19(27)5-6-20(18)33-21)25(31)26(32)29(23)14-16-7-9-28-10-8-16/h2-13,23,31H,14H2,1H3. The molecule has 0 bridgehead atoms. The summed E-state index contributed by atoms with van der Waals surface area (Å²) >= 11 is 6.06. The molecule has 4 aromatic rings. The first kappa shape index (κ1) is 21.0. The van der Waals surface area contributed by atoms with Crippen molar-refractivity contribution in [2.45, 2.75) is 19.5 Å². The van der Waals surface area contributed by atoms with Crippen molar-refractivity contribution in [2.24, 2.45) is 0 Å². The number of aromatic nitrogens is 1. The number of hydrogen-bond donors (Lipinski definition) is 1. The van der Waals surface area contributed by atoms with Crippen LogP contribution in [0.2, 0.25) is 5.02 Å². The number of aliphatic hydroxyl groups is 1. The topological polar surface area (TPSA) is 83.6 Å². The normalized spacial score (nSPS) is 16.1. The molecule has 1 atom stereocenters. The highest BCUT2D eigenvalue weighted by molar-refractivity contribution is 6.31. The molecule has 0 aliphatic carbocycles. The van der Waals surface area contributed by atoms with Crippen LogP contribution in [0.25, 0.3) is 11.0 Å². The van der Waals surface area contributed by atoms with Gasteiger partial charge in [-0.3, -0.25) is 14.6 Å². The Hall–Kier alpha value is -3.90. The number of furan rings is 1. The Morgan fingerprint density at radius 1 is 1.12 bits per heavy atom. The predicted octanol–water partition coefficient (Wildman–Crippen LogP) is 5.57. The molecule has 2 aromatic heterocycles. The third-order valence-corrected chi connectivity index (χ3v) is 5.95. The highest BCUT2D eigenvalue weighted by atomic mass is 35.5. The van der Waals surface area contributed by atoms with Gasteiger partial charge in [-0.25, -0.2) is 0 Å². The molecule has 164 valence electrons. The number of hydrogen-bond acceptors (Lipinski definition) is 5. The first-order valence-electron chi connectivity index (χ1n) is 10.4. The van der Waals surface area contributed by atoms with Crippen LogP contribution in [0.5, 0.6) is 0 Å². The highest BCUT2D eigenvalue weighted by Crippen LogP contribution is 2.40. The lowest BCUT2D eigenvalue weighted by molar-refractivity contribution is -0.130. The maximum atomic E-state index is 13.6. The van der Waals surface area contributed by atoms with Gasteiger partial charge < -0.3 is 14.4 Å². The van der Waals surface area contributed by atoms with Gasteiger partial charge in [-0.1, -0.05) is 41.4 Å². The Morgan fingerprint density at radius 2 is 1.91 bits per heavy atom. The number of aliphatic hydroxyl groups excluding tert-OH is 1. The number of nitrogens with zero attached hydrogens (tertiary/aromatic N) is 2. The van der Waals surface area contributed by atoms with Crippen LogP contribution >= 0.6 is 11.6 Å². The van der Waals surface area contributed by atoms with Crippen LogP contribution < -0.4 is 0 Å². The fraction of sp³-hybridized carbons (Fsp3) is 0.115. The molecule has 5 rings (SSSR count). The van der Waals surface area contributed by atoms with E-state index in [1.165, 1.54) is 4.90 Å². The molecule has 33 heavy (non-hydrogen) atoms. The number of pyridine rings is 1. The summed E-state index contributed by atoms with van der Waals surface area (Å²) in [6, 6.07) is 17.0. The third kappa shape index (κ3) is 3.79. The van der Waals surface area contributed by atoms with E-state index < -0.39 is 23.5 Å². The average Bonchev–Trinajstić information content (AvgIpc) is 3.33. The van der Waals surface area contributed by atoms with Gasteiger partial charge in [0.25, 0.3) is 5.91 Å². The van der Waals surface area contributed by atoms with Gasteiger partial charge in [-0.2, -0.15) is 0 Å². The maximum Gasteiger partial charge on any atom is 0.290 e. The van der Waals surface area contributed by atoms with Gasteiger partial charge in [0, 0.05) is 29.3 Å². The van der Waals surface area contributed by atoms with E-state index in [9.17, 15) is 14.7 Å². The Kier molecular flexibility index (Phi) is 5.23. The smallest absolute Gasteiger partial charge is 0.290 e. The molecule has 6 nitrogen and oxygen atoms in total. The number of carbonyl (C=O) groups is 2. The van der Waals surface area contributed by atoms with Gasteiger partial charge in [0.15, 0.2) is 11.5 Å². The van der Waals surface area contributed by atoms with E-state index in [1.807, 2.05) is 31.2 Å². The fourth-order valence-electron chi connectivity index (χ4n) is 4.18. The van der Waals surface area contributed by atoms with Crippen molar-refractivity contribution in [3.05, 3.63) is 112 Å². The first-order valence-corrected chi connectivity index (χ1v) is 10.7. The minimum absolute atomic E-state index is 0.00944. The molecule has 1 aliphatic rings. The average molecular weight is 459 g/mol. The monoisotopic (exact) mass is 458 g/mol. The lowest BCUT2D eigenvalue weighted by Gasteiger charge is -2.27. The van der Waals surface area contributed by atoms with Gasteiger partial charge in [-0.15, -0.1) is 0 Å². The lowest BCUT2D eigenvalue weighted by atomic mass is 9.94. The van der Waals surface area contributed by atoms with E-state index in [1.54, 1.807) is 48.8 Å². The molecular weight excluding hydrogens is 440 g/mol. The van der Waals surface area contributed by atoms with E-state index in [-0.39, 0.29) is 17.9 Å². The molecule has 0 spiro atoms. The summed E-state index contributed by atoms with van der Waals surface area (Å²) in [4.78, 5) is 32.2. The zero-order valence-corrected chi connectivity index (χ0v) is 18.4. The third-order valence-electron chi connectivity index (χ3n) is 5.71. The second-order valence-electron chi connectivity index (χ2n) is 7.99. The molecule has 0 fully saturated rings. The number of aryl methyl sites for hydroxylation is 1. The fourth-order valence-corrected chi connectivity index (χ4v) is 4.36. The largest absolute Gasteiger partial charge is 0.503 e. The van der Waals surface area contributed by atoms with E-state index in [0.717, 1.165) is 16.7 Å². The van der Waals surface area contributed by atoms with Gasteiger partial charge in [-0.05, 0) is 54.4 Å². The van der Waals surface area contributed by atoms with Crippen LogP contribution in [0.3, 0.4) is 0 Å². The summed E-state index contributed by atoms with van der Waals surface area (Å²) in [5.74, 6) is -1.69. The molecule has 3 heterocycles. The summed E-state index contributed by atoms with van der Waals surface area (Å²) < 4.78 is 5.75. The van der Waals surface area contributed by atoms with E-state index in [0.29, 0.717) is 16.0 Å². The van der Waals surface area contributed by atoms with Crippen molar-refractivity contribution in [1.82, 2.24) is 9.88 Å². The van der Waals surface area contributed by atoms with E-state index >= 15 is 0 Å². The van der Waals surface area contributed by atoms with Gasteiger partial charge in [0.2, 0.25) is 5.78 Å². The number of benzene rings is 2. The molecule has 1 amide bonds. The molecule has 1 aliphatic heterocycles. The van der Waals surface area contributed by atoms with Crippen molar-refractivity contribution in [3.63, 3.8) is 0 Å². The van der Waals surface area contributed by atoms with Crippen molar-refractivity contribution in [1.29, 1.82) is 0 Å². The van der Waals surface area contributed by atoms with Crippen LogP contribution in [0.15, 0.2) is 88.8 Å². The van der Waals surface area contributed by atoms with E-state index in [2.05, 4.69) is 4.98 Å². The summed E-state index contributed by atoms with van der Waals surface area (Å²) in [6.07, 6.45) is 3.27. The second kappa shape index (κ2) is 8.22. The van der Waals surface area contributed by atoms with Gasteiger partial charge in [0.05, 0.1) is 11.6 Å². The summed E-state index contributed by atoms with van der Waals surface area (Å²) in [7, 11) is 0. The number of carbonyl (C=O) groups excluding carboxylic acids is 2. The highest BCUT2D eigenvalue weighted by Gasteiger charge is 2.44. The minimum atomic E-state index is -0.769. The van der Waals surface area contributed by atoms with Crippen molar-refractivity contribution in [3.8, 4) is 0 Å². The number of ketones is 1. The van der Waals surface area contributed by atoms with Crippen LogP contribution in [-0.4, -0.2) is 26.7 Å². The van der Waals surface area contributed by atoms with Gasteiger partial charge >= 0.3 is 0 Å². The number of halogens is 1. The first-order chi connectivity index (χ1) is 15.9. The Labute approximate surface area is 194 Å². The molecule has 0 saturated carbocycles. The summed E-state index contributed by atoms with van der Waals surface area (Å²) in [6.45, 7) is 2.14. The minimum Gasteiger partial charge on any atom is -0.503 e. The zero-order valence-electron chi connectivity index (χ0n) is 17.7. The lowest BCUT2D eigenvalue weighted by Crippen LogP contribution is -2.30. The number of fused-ring (bicyclic) bond motifs is 1. The molecule has 1 unspecified atom stereocenters. The number of amides is 1. The molecule has 0 saturated heterocycles. The molecule has 1 N–H and O–H groups in total. The molecule has 7 heteroatoms. The van der Waals surface area contributed by atoms with E-state index in [4.69, 9.17) is 16.0 Å². The zero-order chi connectivity index (χ0) is 23.1. The van der Waals surface area contributed by atoms with Crippen molar-refractivity contribution in [2.75, 3.05) is 0 Å². The number of Topliss-reactive ketones (excluding diaryl/α,β-unsaturated/α-hetero) is 1. The van der Waals surface area contributed by atoms with Crippen LogP contribution in [-0.2, 0) is 11.3 Å². The number of rotatable bonds is 5. The van der Waals surface area contributed by atoms with Gasteiger partial charge in [0.1, 0.15) is 5.58 Å². The molecular formula is C26H19ClN2O4. The second-order valence-corrected chi connectivity index (χ2v) is 8.43. The maximum absolute atomic E-state index is 13.6. The summed E-state index contributed by atoms with van der Waals surface area (Å²) in [5.41, 5.74) is 3.01. The van der Waals surface area contributed by atoms with Crippen LogP contribution in [0.1, 0.15) is 33.3 Å². The van der Waals surface area contributed by atoms with Crippen LogP contribution in [0.4, 0.5) is 0 Å². The molecule has 0 radical (unpaired) electrons. The van der Waals surface area contributed by atoms with Crippen molar-refractivity contribution < 1.29 is 19.1 Å². The van der Waals surface area contributed by atoms with Crippen LogP contribution in [0, 0.1) is 6.92 Å². The quantitative estimate of drug-likeness (QED) is 0.395. The van der Waals surface area contributed by atoms with Crippen molar-refractivity contribution >= 4 is 34.3 Å². The Bertz CT molecular complexity index is 1420. The Balaban J connectivity index is 1.61. The Morgan fingerprint density at radius 3 is 2.67 bits per heavy atom.